The predicted molar refractivity (Wildman–Crippen MR) is 75.2 cm³/mol. The lowest BCUT2D eigenvalue weighted by molar-refractivity contribution is -0.122. The van der Waals surface area contributed by atoms with E-state index in [0.29, 0.717) is 17.7 Å². The van der Waals surface area contributed by atoms with Gasteiger partial charge in [0.2, 0.25) is 5.91 Å². The number of amides is 2. The van der Waals surface area contributed by atoms with Crippen molar-refractivity contribution in [3.8, 4) is 0 Å². The van der Waals surface area contributed by atoms with E-state index in [1.54, 1.807) is 17.5 Å². The average molecular weight is 284 g/mol. The molecule has 0 radical (unpaired) electrons. The number of hydrogen-bond donors (Lipinski definition) is 3. The van der Waals surface area contributed by atoms with Gasteiger partial charge in [-0.3, -0.25) is 9.59 Å². The molecule has 0 spiro atoms. The molecule has 19 heavy (non-hydrogen) atoms. The molecule has 0 bridgehead atoms. The molecule has 3 N–H and O–H groups in total. The largest absolute Gasteiger partial charge is 0.394 e. The minimum atomic E-state index is -0.593. The van der Waals surface area contributed by atoms with Gasteiger partial charge in [-0.15, -0.1) is 11.3 Å². The lowest BCUT2D eigenvalue weighted by Crippen LogP contribution is -2.53. The van der Waals surface area contributed by atoms with Crippen LogP contribution in [-0.4, -0.2) is 35.6 Å². The zero-order valence-electron chi connectivity index (χ0n) is 11.2. The minimum Gasteiger partial charge on any atom is -0.394 e. The molecule has 1 aromatic rings. The van der Waals surface area contributed by atoms with Crippen molar-refractivity contribution < 1.29 is 14.7 Å². The van der Waals surface area contributed by atoms with Crippen LogP contribution in [0.3, 0.4) is 0 Å². The van der Waals surface area contributed by atoms with Crippen LogP contribution in [-0.2, 0) is 4.79 Å². The van der Waals surface area contributed by atoms with Crippen LogP contribution in [0, 0.1) is 0 Å². The Morgan fingerprint density at radius 3 is 2.53 bits per heavy atom. The summed E-state index contributed by atoms with van der Waals surface area (Å²) in [5, 5.41) is 16.5. The summed E-state index contributed by atoms with van der Waals surface area (Å²) in [6.45, 7) is 3.62. The summed E-state index contributed by atoms with van der Waals surface area (Å²) in [6.07, 6.45) is 1.29. The van der Waals surface area contributed by atoms with E-state index in [2.05, 4.69) is 10.6 Å². The molecule has 2 amide bonds. The van der Waals surface area contributed by atoms with E-state index in [9.17, 15) is 14.7 Å². The van der Waals surface area contributed by atoms with Crippen molar-refractivity contribution in [3.63, 3.8) is 0 Å². The van der Waals surface area contributed by atoms with Crippen LogP contribution in [0.2, 0.25) is 0 Å². The van der Waals surface area contributed by atoms with E-state index in [4.69, 9.17) is 0 Å². The summed E-state index contributed by atoms with van der Waals surface area (Å²) >= 11 is 1.33. The molecule has 0 aliphatic heterocycles. The van der Waals surface area contributed by atoms with Gasteiger partial charge in [0.1, 0.15) is 0 Å². The van der Waals surface area contributed by atoms with Gasteiger partial charge in [-0.25, -0.2) is 0 Å². The van der Waals surface area contributed by atoms with Crippen molar-refractivity contribution in [2.75, 3.05) is 13.2 Å². The third-order valence-electron chi connectivity index (χ3n) is 3.22. The highest BCUT2D eigenvalue weighted by Gasteiger charge is 2.27. The molecule has 1 heterocycles. The molecule has 0 fully saturated rings. The van der Waals surface area contributed by atoms with Gasteiger partial charge in [0.15, 0.2) is 0 Å². The van der Waals surface area contributed by atoms with Crippen LogP contribution in [0.5, 0.6) is 0 Å². The van der Waals surface area contributed by atoms with Gasteiger partial charge in [0, 0.05) is 0 Å². The maximum atomic E-state index is 11.8. The summed E-state index contributed by atoms with van der Waals surface area (Å²) in [6, 6.07) is 3.48. The molecule has 0 aliphatic rings. The third kappa shape index (κ3) is 4.33. The molecule has 106 valence electrons. The fourth-order valence-electron chi connectivity index (χ4n) is 1.69. The lowest BCUT2D eigenvalue weighted by Gasteiger charge is -2.30. The second-order valence-corrected chi connectivity index (χ2v) is 5.30. The first-order chi connectivity index (χ1) is 9.06. The highest BCUT2D eigenvalue weighted by molar-refractivity contribution is 7.12. The molecule has 5 nitrogen and oxygen atoms in total. The maximum absolute atomic E-state index is 11.8. The van der Waals surface area contributed by atoms with Gasteiger partial charge in [0.05, 0.1) is 23.6 Å². The maximum Gasteiger partial charge on any atom is 0.261 e. The highest BCUT2D eigenvalue weighted by Crippen LogP contribution is 2.13. The summed E-state index contributed by atoms with van der Waals surface area (Å²) in [5.41, 5.74) is -0.593. The van der Waals surface area contributed by atoms with Gasteiger partial charge >= 0.3 is 0 Å². The standard InChI is InChI=1S/C13H20N2O3S/c1-3-13(4-2,9-16)15-11(17)8-14-12(18)10-6-5-7-19-10/h5-7,16H,3-4,8-9H2,1-2H3,(H,14,18)(H,15,17). The number of carbonyl (C=O) groups is 2. The Labute approximate surface area is 117 Å². The van der Waals surface area contributed by atoms with Crippen molar-refractivity contribution in [1.29, 1.82) is 0 Å². The summed E-state index contributed by atoms with van der Waals surface area (Å²) in [4.78, 5) is 24.0. The van der Waals surface area contributed by atoms with Crippen molar-refractivity contribution in [3.05, 3.63) is 22.4 Å². The van der Waals surface area contributed by atoms with Crippen LogP contribution in [0.1, 0.15) is 36.4 Å². The van der Waals surface area contributed by atoms with E-state index in [0.717, 1.165) is 0 Å². The van der Waals surface area contributed by atoms with Crippen molar-refractivity contribution in [2.45, 2.75) is 32.2 Å². The number of hydrogen-bond acceptors (Lipinski definition) is 4. The quantitative estimate of drug-likeness (QED) is 0.702. The first-order valence-corrected chi connectivity index (χ1v) is 7.18. The van der Waals surface area contributed by atoms with E-state index < -0.39 is 5.54 Å². The number of rotatable bonds is 7. The molecule has 1 rings (SSSR count). The Kier molecular flexibility index (Phi) is 5.98. The zero-order chi connectivity index (χ0) is 14.3. The summed E-state index contributed by atoms with van der Waals surface area (Å²) < 4.78 is 0. The average Bonchev–Trinajstić information content (AvgIpc) is 2.96. The van der Waals surface area contributed by atoms with Gasteiger partial charge < -0.3 is 15.7 Å². The molecule has 0 saturated heterocycles. The van der Waals surface area contributed by atoms with Crippen molar-refractivity contribution >= 4 is 23.2 Å². The minimum absolute atomic E-state index is 0.0848. The molecule has 0 unspecified atom stereocenters. The highest BCUT2D eigenvalue weighted by atomic mass is 32.1. The van der Waals surface area contributed by atoms with Crippen LogP contribution in [0.25, 0.3) is 0 Å². The zero-order valence-corrected chi connectivity index (χ0v) is 12.0. The van der Waals surface area contributed by atoms with Gasteiger partial charge in [0.25, 0.3) is 5.91 Å². The van der Waals surface area contributed by atoms with Crippen molar-refractivity contribution in [1.82, 2.24) is 10.6 Å². The fourth-order valence-corrected chi connectivity index (χ4v) is 2.33. The van der Waals surface area contributed by atoms with Crippen LogP contribution < -0.4 is 10.6 Å². The van der Waals surface area contributed by atoms with Gasteiger partial charge in [-0.05, 0) is 24.3 Å². The van der Waals surface area contributed by atoms with Crippen LogP contribution in [0.15, 0.2) is 17.5 Å². The normalized spacial score (nSPS) is 11.1. The molecule has 1 aromatic heterocycles. The number of carbonyl (C=O) groups excluding carboxylic acids is 2. The summed E-state index contributed by atoms with van der Waals surface area (Å²) in [7, 11) is 0. The Hall–Kier alpha value is -1.40. The molecule has 0 saturated carbocycles. The second-order valence-electron chi connectivity index (χ2n) is 4.35. The Morgan fingerprint density at radius 2 is 2.05 bits per heavy atom. The van der Waals surface area contributed by atoms with Gasteiger partial charge in [-0.2, -0.15) is 0 Å². The second kappa shape index (κ2) is 7.25. The van der Waals surface area contributed by atoms with Crippen molar-refractivity contribution in [2.24, 2.45) is 0 Å². The lowest BCUT2D eigenvalue weighted by atomic mass is 9.94. The number of nitrogens with one attached hydrogen (secondary N) is 2. The van der Waals surface area contributed by atoms with Crippen LogP contribution in [0.4, 0.5) is 0 Å². The SMILES string of the molecule is CCC(CC)(CO)NC(=O)CNC(=O)c1cccs1. The third-order valence-corrected chi connectivity index (χ3v) is 4.08. The topological polar surface area (TPSA) is 78.4 Å². The number of aliphatic hydroxyl groups is 1. The summed E-state index contributed by atoms with van der Waals surface area (Å²) in [5.74, 6) is -0.546. The number of aliphatic hydroxyl groups excluding tert-OH is 1. The first kappa shape index (κ1) is 15.7. The molecular weight excluding hydrogens is 264 g/mol. The van der Waals surface area contributed by atoms with E-state index >= 15 is 0 Å². The molecule has 0 aliphatic carbocycles. The Bertz CT molecular complexity index is 405. The van der Waals surface area contributed by atoms with E-state index in [1.807, 2.05) is 13.8 Å². The fraction of sp³-hybridized carbons (Fsp3) is 0.538. The molecule has 0 aromatic carbocycles. The Morgan fingerprint density at radius 1 is 1.37 bits per heavy atom. The Balaban J connectivity index is 2.45. The molecule has 6 heteroatoms. The van der Waals surface area contributed by atoms with Gasteiger partial charge in [-0.1, -0.05) is 19.9 Å². The monoisotopic (exact) mass is 284 g/mol. The number of thiophene rings is 1. The van der Waals surface area contributed by atoms with Crippen LogP contribution >= 0.6 is 11.3 Å². The predicted octanol–water partition coefficient (Wildman–Crippen LogP) is 1.15. The first-order valence-electron chi connectivity index (χ1n) is 6.30. The van der Waals surface area contributed by atoms with E-state index in [-0.39, 0.29) is 25.0 Å². The van der Waals surface area contributed by atoms with E-state index in [1.165, 1.54) is 11.3 Å². The molecule has 0 atom stereocenters. The molecular formula is C13H20N2O3S. The smallest absolute Gasteiger partial charge is 0.261 e.